The molecule has 6 rings (SSSR count). The molecule has 0 fully saturated rings. The van der Waals surface area contributed by atoms with Gasteiger partial charge in [-0.3, -0.25) is 25.0 Å². The third kappa shape index (κ3) is 5.63. The Kier molecular flexibility index (Phi) is 7.03. The Labute approximate surface area is 243 Å². The first kappa shape index (κ1) is 26.8. The van der Waals surface area contributed by atoms with Crippen LogP contribution in [0, 0.1) is 20.2 Å². The number of nitro benzene ring substituents is 2. The van der Waals surface area contributed by atoms with Gasteiger partial charge in [0.1, 0.15) is 5.76 Å². The summed E-state index contributed by atoms with van der Waals surface area (Å²) < 4.78 is 6.15. The van der Waals surface area contributed by atoms with Crippen LogP contribution in [-0.2, 0) is 0 Å². The van der Waals surface area contributed by atoms with Crippen molar-refractivity contribution >= 4 is 23.0 Å². The van der Waals surface area contributed by atoms with E-state index in [-0.39, 0.29) is 5.56 Å². The minimum absolute atomic E-state index is 0.205. The molecule has 0 radical (unpaired) electrons. The summed E-state index contributed by atoms with van der Waals surface area (Å²) in [6.45, 7) is 0. The smallest absolute Gasteiger partial charge is 0.277 e. The van der Waals surface area contributed by atoms with E-state index in [4.69, 9.17) is 9.40 Å². The number of aromatic amines is 1. The topological polar surface area (TPSA) is 157 Å². The molecule has 0 aliphatic heterocycles. The van der Waals surface area contributed by atoms with Crippen LogP contribution in [0.1, 0.15) is 10.4 Å². The van der Waals surface area contributed by atoms with Crippen molar-refractivity contribution in [2.45, 2.75) is 0 Å². The number of hydrogen-bond donors (Lipinski definition) is 2. The number of H-pyrrole nitrogens is 1. The predicted octanol–water partition coefficient (Wildman–Crippen LogP) is 7.74. The minimum Gasteiger partial charge on any atom is -0.453 e. The number of amides is 1. The van der Waals surface area contributed by atoms with Gasteiger partial charge in [-0.2, -0.15) is 0 Å². The summed E-state index contributed by atoms with van der Waals surface area (Å²) in [5, 5.41) is 24.9. The number of non-ortho nitro benzene ring substituents is 2. The Morgan fingerprint density at radius 2 is 1.28 bits per heavy atom. The van der Waals surface area contributed by atoms with Gasteiger partial charge in [-0.1, -0.05) is 60.7 Å². The highest BCUT2D eigenvalue weighted by atomic mass is 16.6. The number of carbonyl (C=O) groups excluding carboxylic acids is 1. The second-order valence-electron chi connectivity index (χ2n) is 9.49. The minimum atomic E-state index is -0.788. The van der Waals surface area contributed by atoms with E-state index < -0.39 is 27.1 Å². The van der Waals surface area contributed by atoms with E-state index >= 15 is 0 Å². The molecular formula is C32H21N5O6. The first-order valence-electron chi connectivity index (χ1n) is 13.0. The zero-order valence-corrected chi connectivity index (χ0v) is 22.3. The van der Waals surface area contributed by atoms with Crippen LogP contribution in [-0.4, -0.2) is 25.7 Å². The van der Waals surface area contributed by atoms with Crippen molar-refractivity contribution in [1.82, 2.24) is 9.97 Å². The van der Waals surface area contributed by atoms with Gasteiger partial charge in [0.05, 0.1) is 32.9 Å². The molecular weight excluding hydrogens is 550 g/mol. The van der Waals surface area contributed by atoms with Gasteiger partial charge in [0.2, 0.25) is 0 Å². The van der Waals surface area contributed by atoms with Crippen molar-refractivity contribution in [3.63, 3.8) is 0 Å². The molecule has 0 unspecified atom stereocenters. The molecule has 0 aliphatic rings. The normalized spacial score (nSPS) is 10.8. The monoisotopic (exact) mass is 571 g/mol. The highest BCUT2D eigenvalue weighted by Gasteiger charge is 2.21. The van der Waals surface area contributed by atoms with E-state index in [1.807, 2.05) is 72.8 Å². The number of imidazole rings is 1. The van der Waals surface area contributed by atoms with E-state index in [1.54, 1.807) is 24.3 Å². The first-order chi connectivity index (χ1) is 20.9. The number of carbonyl (C=O) groups is 1. The third-order valence-corrected chi connectivity index (χ3v) is 6.67. The lowest BCUT2D eigenvalue weighted by molar-refractivity contribution is -0.394. The maximum atomic E-state index is 12.7. The average molecular weight is 572 g/mol. The van der Waals surface area contributed by atoms with Crippen LogP contribution < -0.4 is 5.32 Å². The van der Waals surface area contributed by atoms with E-state index in [1.165, 1.54) is 0 Å². The van der Waals surface area contributed by atoms with Gasteiger partial charge in [-0.25, -0.2) is 4.98 Å². The Balaban J connectivity index is 1.24. The lowest BCUT2D eigenvalue weighted by Crippen LogP contribution is -2.12. The third-order valence-electron chi connectivity index (χ3n) is 6.67. The Morgan fingerprint density at radius 1 is 0.698 bits per heavy atom. The van der Waals surface area contributed by atoms with Gasteiger partial charge in [0, 0.05) is 34.5 Å². The summed E-state index contributed by atoms with van der Waals surface area (Å²) in [6.07, 6.45) is 0. The molecule has 0 spiro atoms. The van der Waals surface area contributed by atoms with Gasteiger partial charge < -0.3 is 14.7 Å². The molecule has 2 N–H and O–H groups in total. The summed E-state index contributed by atoms with van der Waals surface area (Å²) in [4.78, 5) is 41.7. The molecule has 0 bridgehead atoms. The number of anilines is 1. The maximum Gasteiger partial charge on any atom is 0.277 e. The molecule has 0 aliphatic carbocycles. The molecule has 0 atom stereocenters. The van der Waals surface area contributed by atoms with Crippen LogP contribution in [0.3, 0.4) is 0 Å². The van der Waals surface area contributed by atoms with Gasteiger partial charge in [0.15, 0.2) is 11.6 Å². The van der Waals surface area contributed by atoms with Crippen LogP contribution in [0.15, 0.2) is 120 Å². The van der Waals surface area contributed by atoms with E-state index in [9.17, 15) is 25.0 Å². The van der Waals surface area contributed by atoms with Crippen molar-refractivity contribution in [2.24, 2.45) is 0 Å². The Morgan fingerprint density at radius 3 is 1.88 bits per heavy atom. The summed E-state index contributed by atoms with van der Waals surface area (Å²) in [5.74, 6) is 0.958. The number of hydrogen-bond acceptors (Lipinski definition) is 7. The molecule has 43 heavy (non-hydrogen) atoms. The highest BCUT2D eigenvalue weighted by Crippen LogP contribution is 2.35. The van der Waals surface area contributed by atoms with Gasteiger partial charge >= 0.3 is 0 Å². The molecule has 0 saturated heterocycles. The zero-order chi connectivity index (χ0) is 29.9. The van der Waals surface area contributed by atoms with Crippen molar-refractivity contribution in [1.29, 1.82) is 0 Å². The van der Waals surface area contributed by atoms with Crippen LogP contribution in [0.5, 0.6) is 0 Å². The van der Waals surface area contributed by atoms with Crippen LogP contribution in [0.25, 0.3) is 45.4 Å². The SMILES string of the molecule is O=C(Nc1ccc(-c2ccc(-c3nc(-c4ccccc4)c(-c4ccccc4)[nH]3)o2)cc1)c1cc([N+](=O)[O-])cc([N+](=O)[O-])c1. The summed E-state index contributed by atoms with van der Waals surface area (Å²) in [7, 11) is 0. The predicted molar refractivity (Wildman–Crippen MR) is 160 cm³/mol. The highest BCUT2D eigenvalue weighted by molar-refractivity contribution is 6.05. The second kappa shape index (κ2) is 11.3. The van der Waals surface area contributed by atoms with E-state index in [2.05, 4.69) is 10.3 Å². The van der Waals surface area contributed by atoms with E-state index in [0.29, 0.717) is 23.0 Å². The van der Waals surface area contributed by atoms with Crippen molar-refractivity contribution in [2.75, 3.05) is 5.32 Å². The summed E-state index contributed by atoms with van der Waals surface area (Å²) in [6, 6.07) is 33.0. The number of aromatic nitrogens is 2. The van der Waals surface area contributed by atoms with Crippen molar-refractivity contribution in [3.8, 4) is 45.4 Å². The molecule has 4 aromatic carbocycles. The van der Waals surface area contributed by atoms with Crippen molar-refractivity contribution < 1.29 is 19.1 Å². The largest absolute Gasteiger partial charge is 0.453 e. The Bertz CT molecular complexity index is 1880. The number of benzene rings is 4. The number of nitro groups is 2. The first-order valence-corrected chi connectivity index (χ1v) is 13.0. The molecule has 1 amide bonds. The second-order valence-corrected chi connectivity index (χ2v) is 9.49. The summed E-state index contributed by atoms with van der Waals surface area (Å²) in [5.41, 5.74) is 3.44. The number of nitrogens with one attached hydrogen (secondary N) is 2. The fraction of sp³-hybridized carbons (Fsp3) is 0. The molecule has 11 heteroatoms. The maximum absolute atomic E-state index is 12.7. The molecule has 2 aromatic heterocycles. The average Bonchev–Trinajstić information content (AvgIpc) is 3.70. The van der Waals surface area contributed by atoms with Crippen LogP contribution in [0.4, 0.5) is 17.1 Å². The lowest BCUT2D eigenvalue weighted by Gasteiger charge is -2.06. The van der Waals surface area contributed by atoms with E-state index in [0.717, 1.165) is 46.3 Å². The molecule has 6 aromatic rings. The van der Waals surface area contributed by atoms with Crippen LogP contribution in [0.2, 0.25) is 0 Å². The number of nitrogens with zero attached hydrogens (tertiary/aromatic N) is 3. The molecule has 11 nitrogen and oxygen atoms in total. The number of furan rings is 1. The Hall–Kier alpha value is -6.36. The molecule has 0 saturated carbocycles. The fourth-order valence-corrected chi connectivity index (χ4v) is 4.59. The van der Waals surface area contributed by atoms with Crippen molar-refractivity contribution in [3.05, 3.63) is 141 Å². The summed E-state index contributed by atoms with van der Waals surface area (Å²) >= 11 is 0. The standard InChI is InChI=1S/C32H21N5O6/c38-32(23-17-25(36(39)40)19-26(18-23)37(41)42)33-24-13-11-20(12-14-24)27-15-16-28(43-27)31-34-29(21-7-3-1-4-8-21)30(35-31)22-9-5-2-6-10-22/h1-19H,(H,33,38)(H,34,35). The van der Waals surface area contributed by atoms with Crippen LogP contribution >= 0.6 is 0 Å². The van der Waals surface area contributed by atoms with Gasteiger partial charge in [-0.15, -0.1) is 0 Å². The molecule has 210 valence electrons. The zero-order valence-electron chi connectivity index (χ0n) is 22.3. The quantitative estimate of drug-likeness (QED) is 0.140. The van der Waals surface area contributed by atoms with Gasteiger partial charge in [0.25, 0.3) is 17.3 Å². The number of rotatable bonds is 8. The fourth-order valence-electron chi connectivity index (χ4n) is 4.59. The van der Waals surface area contributed by atoms with Gasteiger partial charge in [-0.05, 0) is 36.4 Å². The lowest BCUT2D eigenvalue weighted by atomic mass is 10.1. The molecule has 2 heterocycles.